The van der Waals surface area contributed by atoms with Crippen LogP contribution >= 0.6 is 11.3 Å². The Labute approximate surface area is 191 Å². The largest absolute Gasteiger partial charge is 0.492 e. The number of thiazole rings is 1. The summed E-state index contributed by atoms with van der Waals surface area (Å²) in [6, 6.07) is 17.7. The Hall–Kier alpha value is -3.45. The van der Waals surface area contributed by atoms with Gasteiger partial charge in [-0.1, -0.05) is 47.7 Å². The molecule has 0 bridgehead atoms. The molecule has 4 rings (SSSR count). The number of para-hydroxylation sites is 1. The standard InChI is InChI=1S/C25H26N4O2S/c1-4-31-21-11-8-12-22-24(21)26-25(32-22)28(15-16-29-19(3)17-18(2)27-29)23(30)14-13-20-9-6-5-7-10-20/h5-14,17H,4,15-16H2,1-3H3/b14-13+. The summed E-state index contributed by atoms with van der Waals surface area (Å²) in [6.45, 7) is 7.55. The first kappa shape index (κ1) is 21.8. The van der Waals surface area contributed by atoms with Crippen LogP contribution in [-0.2, 0) is 11.3 Å². The van der Waals surface area contributed by atoms with Gasteiger partial charge in [-0.15, -0.1) is 0 Å². The van der Waals surface area contributed by atoms with E-state index >= 15 is 0 Å². The highest BCUT2D eigenvalue weighted by Crippen LogP contribution is 2.34. The van der Waals surface area contributed by atoms with Gasteiger partial charge >= 0.3 is 0 Å². The van der Waals surface area contributed by atoms with Crippen LogP contribution in [0.2, 0.25) is 0 Å². The van der Waals surface area contributed by atoms with Crippen LogP contribution in [0.5, 0.6) is 5.75 Å². The molecule has 0 spiro atoms. The van der Waals surface area contributed by atoms with Gasteiger partial charge in [0.2, 0.25) is 0 Å². The van der Waals surface area contributed by atoms with E-state index in [-0.39, 0.29) is 5.91 Å². The van der Waals surface area contributed by atoms with Crippen molar-refractivity contribution in [2.75, 3.05) is 18.1 Å². The molecule has 1 amide bonds. The minimum absolute atomic E-state index is 0.118. The number of benzene rings is 2. The summed E-state index contributed by atoms with van der Waals surface area (Å²) in [7, 11) is 0. The second-order valence-corrected chi connectivity index (χ2v) is 8.43. The maximum Gasteiger partial charge on any atom is 0.252 e. The molecule has 0 unspecified atom stereocenters. The van der Waals surface area contributed by atoms with Crippen molar-refractivity contribution in [1.29, 1.82) is 0 Å². The third kappa shape index (κ3) is 4.89. The molecule has 164 valence electrons. The fourth-order valence-electron chi connectivity index (χ4n) is 3.52. The third-order valence-corrected chi connectivity index (χ3v) is 6.07. The lowest BCUT2D eigenvalue weighted by Crippen LogP contribution is -2.33. The van der Waals surface area contributed by atoms with Crippen LogP contribution < -0.4 is 9.64 Å². The van der Waals surface area contributed by atoms with Crippen LogP contribution in [0.25, 0.3) is 16.3 Å². The van der Waals surface area contributed by atoms with Gasteiger partial charge in [-0.3, -0.25) is 14.4 Å². The summed E-state index contributed by atoms with van der Waals surface area (Å²) in [6.07, 6.45) is 3.43. The van der Waals surface area contributed by atoms with Crippen LogP contribution in [0.1, 0.15) is 23.9 Å². The predicted molar refractivity (Wildman–Crippen MR) is 130 cm³/mol. The molecule has 0 aliphatic carbocycles. The van der Waals surface area contributed by atoms with Gasteiger partial charge in [0.05, 0.1) is 23.5 Å². The second kappa shape index (κ2) is 9.78. The Morgan fingerprint density at radius 2 is 1.97 bits per heavy atom. The van der Waals surface area contributed by atoms with Crippen LogP contribution in [0.15, 0.2) is 60.7 Å². The highest BCUT2D eigenvalue weighted by Gasteiger charge is 2.20. The maximum atomic E-state index is 13.3. The number of nitrogens with zero attached hydrogens (tertiary/aromatic N) is 4. The van der Waals surface area contributed by atoms with Gasteiger partial charge in [-0.2, -0.15) is 5.10 Å². The summed E-state index contributed by atoms with van der Waals surface area (Å²) >= 11 is 1.49. The van der Waals surface area contributed by atoms with Crippen molar-refractivity contribution in [3.05, 3.63) is 77.6 Å². The van der Waals surface area contributed by atoms with E-state index in [1.165, 1.54) is 11.3 Å². The first-order chi connectivity index (χ1) is 15.5. The van der Waals surface area contributed by atoms with Crippen molar-refractivity contribution in [1.82, 2.24) is 14.8 Å². The average molecular weight is 447 g/mol. The smallest absolute Gasteiger partial charge is 0.252 e. The van der Waals surface area contributed by atoms with E-state index in [0.29, 0.717) is 24.8 Å². The zero-order valence-corrected chi connectivity index (χ0v) is 19.3. The zero-order chi connectivity index (χ0) is 22.5. The SMILES string of the molecule is CCOc1cccc2sc(N(CCn3nc(C)cc3C)C(=O)/C=C/c3ccccc3)nc12. The third-order valence-electron chi connectivity index (χ3n) is 5.02. The van der Waals surface area contributed by atoms with Crippen LogP contribution in [0, 0.1) is 13.8 Å². The molecular formula is C25H26N4O2S. The lowest BCUT2D eigenvalue weighted by molar-refractivity contribution is -0.114. The van der Waals surface area contributed by atoms with Crippen molar-refractivity contribution in [3.63, 3.8) is 0 Å². The lowest BCUT2D eigenvalue weighted by atomic mass is 10.2. The number of aryl methyl sites for hydroxylation is 2. The number of aromatic nitrogens is 3. The fourth-order valence-corrected chi connectivity index (χ4v) is 4.53. The number of rotatable bonds is 8. The molecule has 0 atom stereocenters. The Bertz CT molecular complexity index is 1240. The maximum absolute atomic E-state index is 13.3. The molecule has 6 nitrogen and oxygen atoms in total. The van der Waals surface area contributed by atoms with Crippen molar-refractivity contribution >= 4 is 38.7 Å². The van der Waals surface area contributed by atoms with Crippen molar-refractivity contribution in [2.45, 2.75) is 27.3 Å². The summed E-state index contributed by atoms with van der Waals surface area (Å²) in [5.41, 5.74) is 3.79. The monoisotopic (exact) mass is 446 g/mol. The summed E-state index contributed by atoms with van der Waals surface area (Å²) in [4.78, 5) is 19.8. The number of hydrogen-bond donors (Lipinski definition) is 0. The highest BCUT2D eigenvalue weighted by atomic mass is 32.1. The molecule has 0 aliphatic rings. The van der Waals surface area contributed by atoms with Gasteiger partial charge in [0.1, 0.15) is 11.3 Å². The van der Waals surface area contributed by atoms with E-state index in [2.05, 4.69) is 5.10 Å². The van der Waals surface area contributed by atoms with Gasteiger partial charge in [0.15, 0.2) is 5.13 Å². The molecule has 0 radical (unpaired) electrons. The second-order valence-electron chi connectivity index (χ2n) is 7.42. The van der Waals surface area contributed by atoms with Gasteiger partial charge in [0, 0.05) is 18.3 Å². The van der Waals surface area contributed by atoms with E-state index < -0.39 is 0 Å². The molecule has 7 heteroatoms. The highest BCUT2D eigenvalue weighted by molar-refractivity contribution is 7.22. The molecule has 2 aromatic heterocycles. The number of anilines is 1. The van der Waals surface area contributed by atoms with E-state index in [0.717, 1.165) is 32.9 Å². The van der Waals surface area contributed by atoms with E-state index in [1.807, 2.05) is 86.1 Å². The number of fused-ring (bicyclic) bond motifs is 1. The van der Waals surface area contributed by atoms with E-state index in [9.17, 15) is 4.79 Å². The molecule has 0 saturated carbocycles. The molecule has 0 saturated heterocycles. The number of carbonyl (C=O) groups excluding carboxylic acids is 1. The molecule has 0 aliphatic heterocycles. The molecule has 2 heterocycles. The Morgan fingerprint density at radius 1 is 1.16 bits per heavy atom. The lowest BCUT2D eigenvalue weighted by Gasteiger charge is -2.18. The average Bonchev–Trinajstić information content (AvgIpc) is 3.36. The van der Waals surface area contributed by atoms with Crippen LogP contribution in [0.4, 0.5) is 5.13 Å². The topological polar surface area (TPSA) is 60.2 Å². The van der Waals surface area contributed by atoms with Crippen LogP contribution in [-0.4, -0.2) is 33.8 Å². The predicted octanol–water partition coefficient (Wildman–Crippen LogP) is 5.25. The number of amides is 1. The molecular weight excluding hydrogens is 420 g/mol. The fraction of sp³-hybridized carbons (Fsp3) is 0.240. The summed E-state index contributed by atoms with van der Waals surface area (Å²) < 4.78 is 8.65. The van der Waals surface area contributed by atoms with Crippen LogP contribution in [0.3, 0.4) is 0 Å². The van der Waals surface area contributed by atoms with Crippen molar-refractivity contribution in [3.8, 4) is 5.75 Å². The van der Waals surface area contributed by atoms with Gasteiger partial charge in [-0.05, 0) is 50.6 Å². The number of carbonyl (C=O) groups is 1. The molecule has 2 aromatic carbocycles. The van der Waals surface area contributed by atoms with E-state index in [4.69, 9.17) is 9.72 Å². The van der Waals surface area contributed by atoms with E-state index in [1.54, 1.807) is 11.0 Å². The first-order valence-corrected chi connectivity index (χ1v) is 11.4. The Kier molecular flexibility index (Phi) is 6.66. The summed E-state index contributed by atoms with van der Waals surface area (Å²) in [5.74, 6) is 0.616. The number of hydrogen-bond acceptors (Lipinski definition) is 5. The molecule has 0 N–H and O–H groups in total. The van der Waals surface area contributed by atoms with Crippen molar-refractivity contribution < 1.29 is 9.53 Å². The molecule has 4 aromatic rings. The molecule has 0 fully saturated rings. The summed E-state index contributed by atoms with van der Waals surface area (Å²) in [5, 5.41) is 5.18. The first-order valence-electron chi connectivity index (χ1n) is 10.6. The van der Waals surface area contributed by atoms with Gasteiger partial charge < -0.3 is 4.74 Å². The minimum atomic E-state index is -0.118. The Balaban J connectivity index is 1.65. The molecule has 32 heavy (non-hydrogen) atoms. The zero-order valence-electron chi connectivity index (χ0n) is 18.5. The Morgan fingerprint density at radius 3 is 2.69 bits per heavy atom. The number of ether oxygens (including phenoxy) is 1. The van der Waals surface area contributed by atoms with Crippen molar-refractivity contribution in [2.24, 2.45) is 0 Å². The normalized spacial score (nSPS) is 11.3. The van der Waals surface area contributed by atoms with Gasteiger partial charge in [-0.25, -0.2) is 4.98 Å². The quantitative estimate of drug-likeness (QED) is 0.347. The minimum Gasteiger partial charge on any atom is -0.492 e. The van der Waals surface area contributed by atoms with Gasteiger partial charge in [0.25, 0.3) is 5.91 Å².